The predicted molar refractivity (Wildman–Crippen MR) is 67.5 cm³/mol. The highest BCUT2D eigenvalue weighted by Gasteiger charge is 2.34. The van der Waals surface area contributed by atoms with E-state index in [1.54, 1.807) is 13.0 Å². The first-order valence-corrected chi connectivity index (χ1v) is 6.03. The van der Waals surface area contributed by atoms with Crippen molar-refractivity contribution in [1.29, 1.82) is 0 Å². The Bertz CT molecular complexity index is 515. The number of carbonyl (C=O) groups excluding carboxylic acids is 1. The maximum atomic E-state index is 13.6. The Labute approximate surface area is 110 Å². The van der Waals surface area contributed by atoms with Crippen molar-refractivity contribution in [3.05, 3.63) is 29.6 Å². The smallest absolute Gasteiger partial charge is 0.323 e. The van der Waals surface area contributed by atoms with Gasteiger partial charge in [-0.15, -0.1) is 0 Å². The Morgan fingerprint density at radius 3 is 2.68 bits per heavy atom. The van der Waals surface area contributed by atoms with Crippen LogP contribution in [0.3, 0.4) is 0 Å². The Kier molecular flexibility index (Phi) is 3.69. The largest absolute Gasteiger partial charge is 0.480 e. The number of aliphatic carboxylic acids is 1. The van der Waals surface area contributed by atoms with Crippen molar-refractivity contribution < 1.29 is 19.1 Å². The predicted octanol–water partition coefficient (Wildman–Crippen LogP) is 2.22. The average molecular weight is 266 g/mol. The molecule has 0 aliphatic heterocycles. The van der Waals surface area contributed by atoms with E-state index in [-0.39, 0.29) is 18.3 Å². The summed E-state index contributed by atoms with van der Waals surface area (Å²) in [5.74, 6) is -1.61. The first kappa shape index (κ1) is 13.3. The monoisotopic (exact) mass is 266 g/mol. The molecule has 0 bridgehead atoms. The van der Waals surface area contributed by atoms with E-state index in [9.17, 15) is 14.0 Å². The summed E-state index contributed by atoms with van der Waals surface area (Å²) in [5, 5.41) is 11.2. The molecule has 0 heterocycles. The average Bonchev–Trinajstić information content (AvgIpc) is 3.13. The molecule has 0 aromatic heterocycles. The Hall–Kier alpha value is -2.11. The zero-order chi connectivity index (χ0) is 14.0. The summed E-state index contributed by atoms with van der Waals surface area (Å²) in [4.78, 5) is 23.9. The number of hydrogen-bond donors (Lipinski definition) is 2. The zero-order valence-electron chi connectivity index (χ0n) is 10.5. The highest BCUT2D eigenvalue weighted by Crippen LogP contribution is 2.27. The number of urea groups is 1. The van der Waals surface area contributed by atoms with Crippen LogP contribution in [0.2, 0.25) is 0 Å². The summed E-state index contributed by atoms with van der Waals surface area (Å²) in [5.41, 5.74) is 0.812. The van der Waals surface area contributed by atoms with Gasteiger partial charge < -0.3 is 15.3 Å². The van der Waals surface area contributed by atoms with Gasteiger partial charge in [0.1, 0.15) is 12.4 Å². The Morgan fingerprint density at radius 2 is 2.16 bits per heavy atom. The lowest BCUT2D eigenvalue weighted by molar-refractivity contribution is -0.137. The fourth-order valence-electron chi connectivity index (χ4n) is 1.81. The SMILES string of the molecule is Cc1ccc(NC(=O)N(CC(=O)O)C2CC2)c(F)c1. The minimum Gasteiger partial charge on any atom is -0.480 e. The lowest BCUT2D eigenvalue weighted by atomic mass is 10.2. The van der Waals surface area contributed by atoms with Crippen LogP contribution in [-0.4, -0.2) is 34.6 Å². The molecule has 102 valence electrons. The second-order valence-electron chi connectivity index (χ2n) is 4.67. The van der Waals surface area contributed by atoms with E-state index in [0.29, 0.717) is 0 Å². The van der Waals surface area contributed by atoms with E-state index in [2.05, 4.69) is 5.32 Å². The second kappa shape index (κ2) is 5.26. The van der Waals surface area contributed by atoms with Gasteiger partial charge in [-0.3, -0.25) is 4.79 Å². The first-order chi connectivity index (χ1) is 8.97. The number of hydrogen-bond acceptors (Lipinski definition) is 2. The van der Waals surface area contributed by atoms with Crippen molar-refractivity contribution in [2.24, 2.45) is 0 Å². The molecule has 5 nitrogen and oxygen atoms in total. The minimum absolute atomic E-state index is 0.0513. The van der Waals surface area contributed by atoms with E-state index < -0.39 is 17.8 Å². The van der Waals surface area contributed by atoms with Crippen molar-refractivity contribution in [2.75, 3.05) is 11.9 Å². The lowest BCUT2D eigenvalue weighted by Gasteiger charge is -2.20. The number of carbonyl (C=O) groups is 2. The molecule has 19 heavy (non-hydrogen) atoms. The van der Waals surface area contributed by atoms with Crippen LogP contribution >= 0.6 is 0 Å². The van der Waals surface area contributed by atoms with Crippen LogP contribution in [0.1, 0.15) is 18.4 Å². The number of carboxylic acids is 1. The van der Waals surface area contributed by atoms with Crippen molar-refractivity contribution in [3.63, 3.8) is 0 Å². The molecule has 2 N–H and O–H groups in total. The number of halogens is 1. The van der Waals surface area contributed by atoms with Crippen molar-refractivity contribution in [1.82, 2.24) is 4.90 Å². The quantitative estimate of drug-likeness (QED) is 0.877. The topological polar surface area (TPSA) is 69.6 Å². The Balaban J connectivity index is 2.07. The Morgan fingerprint density at radius 1 is 1.47 bits per heavy atom. The maximum Gasteiger partial charge on any atom is 0.323 e. The molecule has 0 unspecified atom stereocenters. The highest BCUT2D eigenvalue weighted by atomic mass is 19.1. The van der Waals surface area contributed by atoms with Gasteiger partial charge in [-0.2, -0.15) is 0 Å². The molecule has 1 aliphatic carbocycles. The van der Waals surface area contributed by atoms with Gasteiger partial charge in [0.05, 0.1) is 5.69 Å². The number of anilines is 1. The summed E-state index contributed by atoms with van der Waals surface area (Å²) in [6, 6.07) is 3.83. The van der Waals surface area contributed by atoms with E-state index in [4.69, 9.17) is 5.11 Å². The van der Waals surface area contributed by atoms with E-state index >= 15 is 0 Å². The third-order valence-electron chi connectivity index (χ3n) is 2.92. The molecule has 0 spiro atoms. The van der Waals surface area contributed by atoms with E-state index in [0.717, 1.165) is 18.4 Å². The number of aryl methyl sites for hydroxylation is 1. The van der Waals surface area contributed by atoms with Crippen LogP contribution in [0.5, 0.6) is 0 Å². The molecule has 2 amide bonds. The van der Waals surface area contributed by atoms with Crippen LogP contribution < -0.4 is 5.32 Å². The molecule has 1 saturated carbocycles. The number of benzene rings is 1. The molecule has 0 atom stereocenters. The van der Waals surface area contributed by atoms with Gasteiger partial charge in [0.25, 0.3) is 0 Å². The molecule has 1 aromatic rings. The van der Waals surface area contributed by atoms with Crippen molar-refractivity contribution >= 4 is 17.7 Å². The van der Waals surface area contributed by atoms with Crippen molar-refractivity contribution in [3.8, 4) is 0 Å². The summed E-state index contributed by atoms with van der Waals surface area (Å²) in [6.45, 7) is 1.37. The molecule has 2 rings (SSSR count). The lowest BCUT2D eigenvalue weighted by Crippen LogP contribution is -2.40. The van der Waals surface area contributed by atoms with Gasteiger partial charge in [-0.1, -0.05) is 6.07 Å². The molecule has 0 radical (unpaired) electrons. The van der Waals surface area contributed by atoms with E-state index in [1.165, 1.54) is 17.0 Å². The van der Waals surface area contributed by atoms with Gasteiger partial charge in [0, 0.05) is 6.04 Å². The third kappa shape index (κ3) is 3.43. The summed E-state index contributed by atoms with van der Waals surface area (Å²) < 4.78 is 13.6. The molecular weight excluding hydrogens is 251 g/mol. The molecule has 1 aliphatic rings. The van der Waals surface area contributed by atoms with Gasteiger partial charge in [0.2, 0.25) is 0 Å². The standard InChI is InChI=1S/C13H15FN2O3/c1-8-2-5-11(10(14)6-8)15-13(19)16(7-12(17)18)9-3-4-9/h2,5-6,9H,3-4,7H2,1H3,(H,15,19)(H,17,18). The maximum absolute atomic E-state index is 13.6. The third-order valence-corrected chi connectivity index (χ3v) is 2.92. The molecular formula is C13H15FN2O3. The number of amides is 2. The van der Waals surface area contributed by atoms with Gasteiger partial charge in [-0.05, 0) is 37.5 Å². The number of nitrogens with zero attached hydrogens (tertiary/aromatic N) is 1. The van der Waals surface area contributed by atoms with Gasteiger partial charge in [0.15, 0.2) is 0 Å². The van der Waals surface area contributed by atoms with Crippen LogP contribution in [0.15, 0.2) is 18.2 Å². The molecule has 6 heteroatoms. The number of carboxylic acid groups (broad SMARTS) is 1. The molecule has 0 saturated heterocycles. The summed E-state index contributed by atoms with van der Waals surface area (Å²) >= 11 is 0. The van der Waals surface area contributed by atoms with Crippen LogP contribution in [-0.2, 0) is 4.79 Å². The number of rotatable bonds is 4. The normalized spacial score (nSPS) is 14.0. The fourth-order valence-corrected chi connectivity index (χ4v) is 1.81. The highest BCUT2D eigenvalue weighted by molar-refractivity contribution is 5.91. The summed E-state index contributed by atoms with van der Waals surface area (Å²) in [6.07, 6.45) is 1.58. The fraction of sp³-hybridized carbons (Fsp3) is 0.385. The van der Waals surface area contributed by atoms with Gasteiger partial charge >= 0.3 is 12.0 Å². The number of nitrogens with one attached hydrogen (secondary N) is 1. The molecule has 1 fully saturated rings. The minimum atomic E-state index is -1.08. The van der Waals surface area contributed by atoms with Crippen LogP contribution in [0.25, 0.3) is 0 Å². The summed E-state index contributed by atoms with van der Waals surface area (Å²) in [7, 11) is 0. The van der Waals surface area contributed by atoms with Crippen LogP contribution in [0, 0.1) is 12.7 Å². The first-order valence-electron chi connectivity index (χ1n) is 6.03. The van der Waals surface area contributed by atoms with Gasteiger partial charge in [-0.25, -0.2) is 9.18 Å². The van der Waals surface area contributed by atoms with Crippen LogP contribution in [0.4, 0.5) is 14.9 Å². The second-order valence-corrected chi connectivity index (χ2v) is 4.67. The zero-order valence-corrected chi connectivity index (χ0v) is 10.5. The van der Waals surface area contributed by atoms with E-state index in [1.807, 2.05) is 0 Å². The van der Waals surface area contributed by atoms with Crippen molar-refractivity contribution in [2.45, 2.75) is 25.8 Å². The molecule has 1 aromatic carbocycles.